The molecule has 0 saturated heterocycles. The van der Waals surface area contributed by atoms with Gasteiger partial charge in [-0.05, 0) is 18.1 Å². The molecule has 110 valence electrons. The maximum atomic E-state index is 13.5. The Morgan fingerprint density at radius 1 is 1.19 bits per heavy atom. The molecule has 0 heterocycles. The number of nitrogens with one attached hydrogen (secondary N) is 1. The van der Waals surface area contributed by atoms with Gasteiger partial charge in [-0.15, -0.1) is 0 Å². The summed E-state index contributed by atoms with van der Waals surface area (Å²) in [5.41, 5.74) is 0.908. The van der Waals surface area contributed by atoms with Crippen LogP contribution >= 0.6 is 11.6 Å². The Bertz CT molecular complexity index is 640. The van der Waals surface area contributed by atoms with Crippen LogP contribution in [0.4, 0.5) is 20.2 Å². The molecule has 1 N–H and O–H groups in total. The number of hydrogen-bond acceptors (Lipinski definition) is 3. The van der Waals surface area contributed by atoms with E-state index >= 15 is 0 Å². The quantitative estimate of drug-likeness (QED) is 0.665. The van der Waals surface area contributed by atoms with Crippen molar-refractivity contribution < 1.29 is 13.7 Å². The van der Waals surface area contributed by atoms with Gasteiger partial charge in [-0.1, -0.05) is 23.7 Å². The molecule has 0 radical (unpaired) electrons. The van der Waals surface area contributed by atoms with E-state index in [1.165, 1.54) is 12.1 Å². The minimum Gasteiger partial charge on any atom is -0.381 e. The van der Waals surface area contributed by atoms with Crippen LogP contribution in [0.25, 0.3) is 0 Å². The molecule has 21 heavy (non-hydrogen) atoms. The molecule has 0 spiro atoms. The highest BCUT2D eigenvalue weighted by atomic mass is 35.5. The predicted octanol–water partition coefficient (Wildman–Crippen LogP) is 4.18. The van der Waals surface area contributed by atoms with Crippen molar-refractivity contribution in [2.45, 2.75) is 6.42 Å². The average molecular weight is 313 g/mol. The number of rotatable bonds is 5. The molecule has 0 aliphatic carbocycles. The number of anilines is 1. The van der Waals surface area contributed by atoms with Crippen molar-refractivity contribution in [2.24, 2.45) is 0 Å². The highest BCUT2D eigenvalue weighted by Gasteiger charge is 2.09. The van der Waals surface area contributed by atoms with Crippen molar-refractivity contribution in [3.8, 4) is 0 Å². The van der Waals surface area contributed by atoms with E-state index in [2.05, 4.69) is 5.32 Å². The van der Waals surface area contributed by atoms with Gasteiger partial charge < -0.3 is 5.32 Å². The highest BCUT2D eigenvalue weighted by Crippen LogP contribution is 2.26. The third kappa shape index (κ3) is 3.88. The summed E-state index contributed by atoms with van der Waals surface area (Å²) in [6.45, 7) is 0.361. The lowest BCUT2D eigenvalue weighted by molar-refractivity contribution is -0.384. The second kappa shape index (κ2) is 6.49. The standard InChI is InChI=1S/C14H11ClF2N2O2/c15-12-7-10(16)8-13(17)14(12)18-6-5-9-1-3-11(4-2-9)19(20)21/h1-4,7-8,18H,5-6H2. The number of nitrogens with zero attached hydrogens (tertiary/aromatic N) is 1. The number of benzene rings is 2. The molecule has 2 rings (SSSR count). The molecule has 0 fully saturated rings. The first-order chi connectivity index (χ1) is 9.97. The number of halogens is 3. The largest absolute Gasteiger partial charge is 0.381 e. The van der Waals surface area contributed by atoms with Gasteiger partial charge in [0.15, 0.2) is 5.82 Å². The molecule has 0 unspecified atom stereocenters. The van der Waals surface area contributed by atoms with Crippen molar-refractivity contribution in [1.82, 2.24) is 0 Å². The van der Waals surface area contributed by atoms with Crippen LogP contribution in [0.5, 0.6) is 0 Å². The molecule has 0 amide bonds. The van der Waals surface area contributed by atoms with Crippen molar-refractivity contribution in [3.05, 3.63) is 68.7 Å². The first-order valence-corrected chi connectivity index (χ1v) is 6.47. The number of hydrogen-bond donors (Lipinski definition) is 1. The van der Waals surface area contributed by atoms with Crippen LogP contribution in [-0.4, -0.2) is 11.5 Å². The molecule has 2 aromatic rings. The van der Waals surface area contributed by atoms with Crippen molar-refractivity contribution in [3.63, 3.8) is 0 Å². The molecule has 0 atom stereocenters. The molecule has 0 saturated carbocycles. The minimum atomic E-state index is -0.760. The summed E-state index contributed by atoms with van der Waals surface area (Å²) >= 11 is 5.75. The van der Waals surface area contributed by atoms with Gasteiger partial charge in [0, 0.05) is 24.7 Å². The topological polar surface area (TPSA) is 55.2 Å². The second-order valence-corrected chi connectivity index (χ2v) is 4.75. The van der Waals surface area contributed by atoms with Gasteiger partial charge >= 0.3 is 0 Å². The Labute approximate surface area is 124 Å². The normalized spacial score (nSPS) is 10.4. The fourth-order valence-corrected chi connectivity index (χ4v) is 2.09. The van der Waals surface area contributed by atoms with Gasteiger partial charge in [-0.3, -0.25) is 10.1 Å². The molecule has 4 nitrogen and oxygen atoms in total. The van der Waals surface area contributed by atoms with Crippen LogP contribution in [0.1, 0.15) is 5.56 Å². The van der Waals surface area contributed by atoms with Gasteiger partial charge in [0.05, 0.1) is 15.6 Å². The highest BCUT2D eigenvalue weighted by molar-refractivity contribution is 6.33. The predicted molar refractivity (Wildman–Crippen MR) is 76.7 cm³/mol. The Balaban J connectivity index is 1.97. The van der Waals surface area contributed by atoms with Gasteiger partial charge in [-0.2, -0.15) is 0 Å². The van der Waals surface area contributed by atoms with Crippen LogP contribution in [0.2, 0.25) is 5.02 Å². The summed E-state index contributed by atoms with van der Waals surface area (Å²) in [6.07, 6.45) is 0.519. The lowest BCUT2D eigenvalue weighted by atomic mass is 10.1. The Kier molecular flexibility index (Phi) is 4.70. The molecule has 0 aromatic heterocycles. The van der Waals surface area contributed by atoms with Crippen LogP contribution < -0.4 is 5.32 Å². The Morgan fingerprint density at radius 3 is 2.43 bits per heavy atom. The number of nitro benzene ring substituents is 1. The van der Waals surface area contributed by atoms with E-state index in [0.717, 1.165) is 17.7 Å². The summed E-state index contributed by atoms with van der Waals surface area (Å²) in [7, 11) is 0. The zero-order valence-electron chi connectivity index (χ0n) is 10.8. The number of nitro groups is 1. The second-order valence-electron chi connectivity index (χ2n) is 4.34. The third-order valence-electron chi connectivity index (χ3n) is 2.87. The van der Waals surface area contributed by atoms with E-state index in [9.17, 15) is 18.9 Å². The summed E-state index contributed by atoms with van der Waals surface area (Å²) < 4.78 is 26.4. The zero-order valence-corrected chi connectivity index (χ0v) is 11.5. The summed E-state index contributed by atoms with van der Waals surface area (Å²) in [4.78, 5) is 10.0. The van der Waals surface area contributed by atoms with E-state index in [0.29, 0.717) is 13.0 Å². The lowest BCUT2D eigenvalue weighted by Crippen LogP contribution is -2.07. The Hall–Kier alpha value is -2.21. The summed E-state index contributed by atoms with van der Waals surface area (Å²) in [5, 5.41) is 13.3. The minimum absolute atomic E-state index is 0.0133. The van der Waals surface area contributed by atoms with Gasteiger partial charge in [-0.25, -0.2) is 8.78 Å². The first-order valence-electron chi connectivity index (χ1n) is 6.09. The fraction of sp³-hybridized carbons (Fsp3) is 0.143. The van der Waals surface area contributed by atoms with Crippen molar-refractivity contribution in [1.29, 1.82) is 0 Å². The molecule has 7 heteroatoms. The molecular formula is C14H11ClF2N2O2. The van der Waals surface area contributed by atoms with Crippen LogP contribution in [-0.2, 0) is 6.42 Å². The molecule has 2 aromatic carbocycles. The maximum absolute atomic E-state index is 13.5. The average Bonchev–Trinajstić information content (AvgIpc) is 2.42. The van der Waals surface area contributed by atoms with Gasteiger partial charge in [0.2, 0.25) is 0 Å². The lowest BCUT2D eigenvalue weighted by Gasteiger charge is -2.09. The zero-order chi connectivity index (χ0) is 15.4. The van der Waals surface area contributed by atoms with Gasteiger partial charge in [0.1, 0.15) is 5.82 Å². The third-order valence-corrected chi connectivity index (χ3v) is 3.17. The smallest absolute Gasteiger partial charge is 0.269 e. The molecule has 0 aliphatic rings. The van der Waals surface area contributed by atoms with Crippen molar-refractivity contribution in [2.75, 3.05) is 11.9 Å². The maximum Gasteiger partial charge on any atom is 0.269 e. The van der Waals surface area contributed by atoms with Crippen molar-refractivity contribution >= 4 is 23.0 Å². The van der Waals surface area contributed by atoms with Gasteiger partial charge in [0.25, 0.3) is 5.69 Å². The van der Waals surface area contributed by atoms with Crippen LogP contribution in [0.3, 0.4) is 0 Å². The van der Waals surface area contributed by atoms with E-state index in [1.807, 2.05) is 0 Å². The van der Waals surface area contributed by atoms with Crippen LogP contribution in [0, 0.1) is 21.7 Å². The molecule has 0 bridgehead atoms. The summed E-state index contributed by atoms with van der Waals surface area (Å²) in [5.74, 6) is -1.50. The fourth-order valence-electron chi connectivity index (χ4n) is 1.83. The van der Waals surface area contributed by atoms with E-state index in [1.54, 1.807) is 12.1 Å². The Morgan fingerprint density at radius 2 is 1.86 bits per heavy atom. The van der Waals surface area contributed by atoms with E-state index in [4.69, 9.17) is 11.6 Å². The summed E-state index contributed by atoms with van der Waals surface area (Å²) in [6, 6.07) is 7.84. The SMILES string of the molecule is O=[N+]([O-])c1ccc(CCNc2c(F)cc(F)cc2Cl)cc1. The monoisotopic (exact) mass is 312 g/mol. The van der Waals surface area contributed by atoms with E-state index in [-0.39, 0.29) is 16.4 Å². The molecule has 0 aliphatic heterocycles. The van der Waals surface area contributed by atoms with Crippen LogP contribution in [0.15, 0.2) is 36.4 Å². The molecular weight excluding hydrogens is 302 g/mol. The first kappa shape index (κ1) is 15.2. The number of non-ortho nitro benzene ring substituents is 1. The van der Waals surface area contributed by atoms with E-state index < -0.39 is 16.6 Å².